The predicted octanol–water partition coefficient (Wildman–Crippen LogP) is 1.01. The summed E-state index contributed by atoms with van der Waals surface area (Å²) in [6.45, 7) is 5.89. The van der Waals surface area contributed by atoms with Gasteiger partial charge in [0.05, 0.1) is 17.3 Å². The Hall–Kier alpha value is -1.72. The van der Waals surface area contributed by atoms with Crippen molar-refractivity contribution in [3.63, 3.8) is 0 Å². The van der Waals surface area contributed by atoms with Crippen molar-refractivity contribution in [3.8, 4) is 0 Å². The molecule has 0 aliphatic rings. The lowest BCUT2D eigenvalue weighted by Crippen LogP contribution is -2.16. The number of carboxylic acids is 1. The van der Waals surface area contributed by atoms with Gasteiger partial charge in [0.2, 0.25) is 5.95 Å². The third-order valence-corrected chi connectivity index (χ3v) is 2.37. The van der Waals surface area contributed by atoms with Crippen molar-refractivity contribution in [3.05, 3.63) is 11.4 Å². The predicted molar refractivity (Wildman–Crippen MR) is 59.2 cm³/mol. The summed E-state index contributed by atoms with van der Waals surface area (Å²) in [6, 6.07) is 0. The molecule has 6 heteroatoms. The average molecular weight is 224 g/mol. The van der Waals surface area contributed by atoms with Gasteiger partial charge >= 0.3 is 5.97 Å². The monoisotopic (exact) mass is 224 g/mol. The van der Waals surface area contributed by atoms with E-state index in [1.807, 2.05) is 13.8 Å². The molecular formula is C10H16N4O2. The molecule has 1 aromatic heterocycles. The minimum absolute atomic E-state index is 0.369. The van der Waals surface area contributed by atoms with Crippen LogP contribution in [-0.2, 0) is 4.79 Å². The van der Waals surface area contributed by atoms with E-state index in [0.29, 0.717) is 18.9 Å². The molecule has 0 amide bonds. The van der Waals surface area contributed by atoms with E-state index in [1.54, 1.807) is 6.92 Å². The van der Waals surface area contributed by atoms with Crippen molar-refractivity contribution in [2.24, 2.45) is 5.92 Å². The standard InChI is InChI=1S/C10H16N4O2/c1-6(9(15)16)4-5-11-10-12-7(2)8(3)13-14-10/h6H,4-5H2,1-3H3,(H,15,16)(H,11,12,14). The molecule has 0 spiro atoms. The summed E-state index contributed by atoms with van der Waals surface area (Å²) in [6.07, 6.45) is 0.533. The normalized spacial score (nSPS) is 12.2. The number of nitrogens with one attached hydrogen (secondary N) is 1. The average Bonchev–Trinajstić information content (AvgIpc) is 2.23. The first-order valence-electron chi connectivity index (χ1n) is 5.15. The zero-order chi connectivity index (χ0) is 12.1. The lowest BCUT2D eigenvalue weighted by atomic mass is 10.1. The van der Waals surface area contributed by atoms with Gasteiger partial charge in [0, 0.05) is 6.54 Å². The topological polar surface area (TPSA) is 88.0 Å². The molecule has 16 heavy (non-hydrogen) atoms. The second kappa shape index (κ2) is 5.39. The summed E-state index contributed by atoms with van der Waals surface area (Å²) in [7, 11) is 0. The Morgan fingerprint density at radius 3 is 2.62 bits per heavy atom. The molecule has 0 bridgehead atoms. The van der Waals surface area contributed by atoms with Gasteiger partial charge in [-0.2, -0.15) is 5.10 Å². The summed E-state index contributed by atoms with van der Waals surface area (Å²) >= 11 is 0. The summed E-state index contributed by atoms with van der Waals surface area (Å²) in [5.41, 5.74) is 1.62. The number of hydrogen-bond acceptors (Lipinski definition) is 5. The van der Waals surface area contributed by atoms with E-state index >= 15 is 0 Å². The van der Waals surface area contributed by atoms with Crippen molar-refractivity contribution in [1.82, 2.24) is 15.2 Å². The van der Waals surface area contributed by atoms with Crippen LogP contribution in [0.4, 0.5) is 5.95 Å². The minimum Gasteiger partial charge on any atom is -0.481 e. The van der Waals surface area contributed by atoms with E-state index < -0.39 is 5.97 Å². The first kappa shape index (κ1) is 12.4. The number of anilines is 1. The second-order valence-corrected chi connectivity index (χ2v) is 3.76. The number of aliphatic carboxylic acids is 1. The van der Waals surface area contributed by atoms with Crippen LogP contribution in [0.1, 0.15) is 24.7 Å². The van der Waals surface area contributed by atoms with Gasteiger partial charge in [-0.05, 0) is 20.3 Å². The van der Waals surface area contributed by atoms with Gasteiger partial charge in [0.1, 0.15) is 0 Å². The maximum Gasteiger partial charge on any atom is 0.306 e. The molecule has 0 saturated heterocycles. The van der Waals surface area contributed by atoms with Crippen molar-refractivity contribution in [2.75, 3.05) is 11.9 Å². The smallest absolute Gasteiger partial charge is 0.306 e. The molecule has 1 heterocycles. The number of aryl methyl sites for hydroxylation is 2. The fourth-order valence-corrected chi connectivity index (χ4v) is 1.06. The van der Waals surface area contributed by atoms with Crippen LogP contribution in [0.25, 0.3) is 0 Å². The molecule has 0 aliphatic carbocycles. The van der Waals surface area contributed by atoms with Crippen LogP contribution in [0.5, 0.6) is 0 Å². The van der Waals surface area contributed by atoms with Crippen LogP contribution < -0.4 is 5.32 Å². The molecule has 0 fully saturated rings. The third-order valence-electron chi connectivity index (χ3n) is 2.37. The highest BCUT2D eigenvalue weighted by Gasteiger charge is 2.10. The highest BCUT2D eigenvalue weighted by Crippen LogP contribution is 2.04. The van der Waals surface area contributed by atoms with E-state index in [1.165, 1.54) is 0 Å². The number of nitrogens with zero attached hydrogens (tertiary/aromatic N) is 3. The van der Waals surface area contributed by atoms with Crippen LogP contribution in [-0.4, -0.2) is 32.8 Å². The fraction of sp³-hybridized carbons (Fsp3) is 0.600. The first-order chi connectivity index (χ1) is 7.50. The van der Waals surface area contributed by atoms with Gasteiger partial charge in [-0.25, -0.2) is 4.98 Å². The second-order valence-electron chi connectivity index (χ2n) is 3.76. The van der Waals surface area contributed by atoms with E-state index in [9.17, 15) is 4.79 Å². The van der Waals surface area contributed by atoms with Crippen molar-refractivity contribution in [2.45, 2.75) is 27.2 Å². The number of carbonyl (C=O) groups is 1. The van der Waals surface area contributed by atoms with E-state index in [-0.39, 0.29) is 5.92 Å². The largest absolute Gasteiger partial charge is 0.481 e. The van der Waals surface area contributed by atoms with E-state index in [0.717, 1.165) is 11.4 Å². The molecule has 1 unspecified atom stereocenters. The fourth-order valence-electron chi connectivity index (χ4n) is 1.06. The molecule has 0 radical (unpaired) electrons. The molecule has 0 aromatic carbocycles. The lowest BCUT2D eigenvalue weighted by Gasteiger charge is -2.07. The highest BCUT2D eigenvalue weighted by atomic mass is 16.4. The molecule has 88 valence electrons. The van der Waals surface area contributed by atoms with Gasteiger partial charge in [-0.1, -0.05) is 6.92 Å². The molecule has 0 aliphatic heterocycles. The Bertz CT molecular complexity index is 381. The summed E-state index contributed by atoms with van der Waals surface area (Å²) in [5, 5.41) is 19.4. The lowest BCUT2D eigenvalue weighted by molar-refractivity contribution is -0.141. The van der Waals surface area contributed by atoms with Crippen LogP contribution in [0.15, 0.2) is 0 Å². The summed E-state index contributed by atoms with van der Waals surface area (Å²) in [4.78, 5) is 14.8. The van der Waals surface area contributed by atoms with Gasteiger partial charge < -0.3 is 10.4 Å². The molecule has 0 saturated carbocycles. The van der Waals surface area contributed by atoms with Crippen LogP contribution in [0, 0.1) is 19.8 Å². The van der Waals surface area contributed by atoms with Gasteiger partial charge in [-0.3, -0.25) is 4.79 Å². The van der Waals surface area contributed by atoms with Crippen molar-refractivity contribution >= 4 is 11.9 Å². The molecule has 1 aromatic rings. The SMILES string of the molecule is Cc1nnc(NCCC(C)C(=O)O)nc1C. The maximum absolute atomic E-state index is 10.6. The first-order valence-corrected chi connectivity index (χ1v) is 5.15. The Labute approximate surface area is 94.1 Å². The Kier molecular flexibility index (Phi) is 4.16. The molecule has 2 N–H and O–H groups in total. The zero-order valence-corrected chi connectivity index (χ0v) is 9.69. The number of hydrogen-bond donors (Lipinski definition) is 2. The summed E-state index contributed by atoms with van der Waals surface area (Å²) < 4.78 is 0. The van der Waals surface area contributed by atoms with Crippen molar-refractivity contribution in [1.29, 1.82) is 0 Å². The molecule has 1 atom stereocenters. The number of rotatable bonds is 5. The summed E-state index contributed by atoms with van der Waals surface area (Å²) in [5.74, 6) is -0.714. The Morgan fingerprint density at radius 2 is 2.06 bits per heavy atom. The molecular weight excluding hydrogens is 208 g/mol. The number of carboxylic acid groups (broad SMARTS) is 1. The van der Waals surface area contributed by atoms with Gasteiger partial charge in [0.25, 0.3) is 0 Å². The van der Waals surface area contributed by atoms with E-state index in [4.69, 9.17) is 5.11 Å². The van der Waals surface area contributed by atoms with Gasteiger partial charge in [0.15, 0.2) is 0 Å². The molecule has 1 rings (SSSR count). The Morgan fingerprint density at radius 1 is 1.38 bits per heavy atom. The van der Waals surface area contributed by atoms with Crippen LogP contribution in [0.3, 0.4) is 0 Å². The Balaban J connectivity index is 2.43. The molecule has 6 nitrogen and oxygen atoms in total. The minimum atomic E-state index is -0.791. The highest BCUT2D eigenvalue weighted by molar-refractivity contribution is 5.69. The zero-order valence-electron chi connectivity index (χ0n) is 9.69. The van der Waals surface area contributed by atoms with Crippen LogP contribution >= 0.6 is 0 Å². The van der Waals surface area contributed by atoms with Gasteiger partial charge in [-0.15, -0.1) is 5.10 Å². The number of aromatic nitrogens is 3. The van der Waals surface area contributed by atoms with Crippen molar-refractivity contribution < 1.29 is 9.90 Å². The van der Waals surface area contributed by atoms with E-state index in [2.05, 4.69) is 20.5 Å². The van der Waals surface area contributed by atoms with Crippen LogP contribution in [0.2, 0.25) is 0 Å². The maximum atomic E-state index is 10.6. The quantitative estimate of drug-likeness (QED) is 0.776. The third kappa shape index (κ3) is 3.45.